The van der Waals surface area contributed by atoms with Crippen molar-refractivity contribution < 1.29 is 44.5 Å². The van der Waals surface area contributed by atoms with Crippen molar-refractivity contribution in [3.63, 3.8) is 0 Å². The van der Waals surface area contributed by atoms with Crippen LogP contribution in [0.2, 0.25) is 0 Å². The minimum absolute atomic E-state index is 0.219. The highest BCUT2D eigenvalue weighted by Gasteiger charge is 2.47. The summed E-state index contributed by atoms with van der Waals surface area (Å²) < 4.78 is 16.8. The van der Waals surface area contributed by atoms with Crippen LogP contribution in [0.3, 0.4) is 0 Å². The summed E-state index contributed by atoms with van der Waals surface area (Å²) in [5, 5.41) is 49.7. The minimum Gasteiger partial charge on any atom is -0.423 e. The first-order valence-electron chi connectivity index (χ1n) is 9.77. The third kappa shape index (κ3) is 3.81. The molecule has 4 rings (SSSR count). The van der Waals surface area contributed by atoms with Crippen LogP contribution in [0.4, 0.5) is 0 Å². The molecule has 1 aromatic rings. The normalized spacial score (nSPS) is 35.0. The van der Waals surface area contributed by atoms with E-state index in [9.17, 15) is 30.3 Å². The Kier molecular flexibility index (Phi) is 6.03. The third-order valence-electron chi connectivity index (χ3n) is 5.56. The van der Waals surface area contributed by atoms with Crippen LogP contribution in [-0.2, 0) is 19.0 Å². The van der Waals surface area contributed by atoms with Crippen molar-refractivity contribution in [2.75, 3.05) is 6.61 Å². The number of ether oxygens (including phenoxy) is 3. The molecular weight excluding hydrogens is 396 g/mol. The number of benzene rings is 1. The highest BCUT2D eigenvalue weighted by atomic mass is 16.7. The largest absolute Gasteiger partial charge is 0.423 e. The molecule has 3 aliphatic rings. The van der Waals surface area contributed by atoms with E-state index in [0.717, 1.165) is 0 Å². The first-order valence-corrected chi connectivity index (χ1v) is 9.77. The SMILES string of the molecule is O=C1OC2=C[C@@H](O)CCC2=C1C(OC1OC(CO)C(O)C(O)C1O)c1ccccc1. The van der Waals surface area contributed by atoms with Gasteiger partial charge in [-0.3, -0.25) is 0 Å². The van der Waals surface area contributed by atoms with E-state index in [1.54, 1.807) is 30.3 Å². The van der Waals surface area contributed by atoms with Gasteiger partial charge in [0.2, 0.25) is 0 Å². The molecule has 1 aromatic carbocycles. The van der Waals surface area contributed by atoms with Gasteiger partial charge >= 0.3 is 5.97 Å². The van der Waals surface area contributed by atoms with E-state index >= 15 is 0 Å². The van der Waals surface area contributed by atoms with Gasteiger partial charge in [0.05, 0.1) is 18.3 Å². The van der Waals surface area contributed by atoms with E-state index in [1.807, 2.05) is 0 Å². The summed E-state index contributed by atoms with van der Waals surface area (Å²) in [6.07, 6.45) is -6.73. The fourth-order valence-corrected chi connectivity index (χ4v) is 3.94. The molecule has 1 aliphatic carbocycles. The van der Waals surface area contributed by atoms with Crippen molar-refractivity contribution >= 4 is 5.97 Å². The summed E-state index contributed by atoms with van der Waals surface area (Å²) in [6, 6.07) is 8.77. The second-order valence-corrected chi connectivity index (χ2v) is 7.54. The van der Waals surface area contributed by atoms with Gasteiger partial charge in [-0.05, 0) is 24.5 Å². The quantitative estimate of drug-likeness (QED) is 0.396. The lowest BCUT2D eigenvalue weighted by Gasteiger charge is -2.41. The Labute approximate surface area is 172 Å². The number of rotatable bonds is 5. The second-order valence-electron chi connectivity index (χ2n) is 7.54. The number of hydrogen-bond acceptors (Lipinski definition) is 9. The van der Waals surface area contributed by atoms with Crippen molar-refractivity contribution in [2.45, 2.75) is 55.8 Å². The Hall–Kier alpha value is -2.11. The summed E-state index contributed by atoms with van der Waals surface area (Å²) in [5.41, 5.74) is 1.40. The molecule has 0 aromatic heterocycles. The van der Waals surface area contributed by atoms with E-state index in [4.69, 9.17) is 14.2 Å². The number of allylic oxidation sites excluding steroid dienone is 1. The molecule has 2 aliphatic heterocycles. The lowest BCUT2D eigenvalue weighted by Crippen LogP contribution is -2.59. The van der Waals surface area contributed by atoms with E-state index < -0.39 is 55.5 Å². The summed E-state index contributed by atoms with van der Waals surface area (Å²) in [7, 11) is 0. The smallest absolute Gasteiger partial charge is 0.342 e. The van der Waals surface area contributed by atoms with Crippen LogP contribution in [0.15, 0.2) is 53.3 Å². The molecule has 0 bridgehead atoms. The zero-order chi connectivity index (χ0) is 21.4. The zero-order valence-corrected chi connectivity index (χ0v) is 16.0. The van der Waals surface area contributed by atoms with Crippen LogP contribution in [-0.4, -0.2) is 74.9 Å². The average molecular weight is 420 g/mol. The van der Waals surface area contributed by atoms with Crippen LogP contribution >= 0.6 is 0 Å². The van der Waals surface area contributed by atoms with E-state index in [2.05, 4.69) is 0 Å². The molecule has 2 heterocycles. The maximum absolute atomic E-state index is 12.7. The number of hydrogen-bond donors (Lipinski definition) is 5. The van der Waals surface area contributed by atoms with Crippen molar-refractivity contribution in [3.8, 4) is 0 Å². The van der Waals surface area contributed by atoms with Crippen LogP contribution in [0.1, 0.15) is 24.5 Å². The van der Waals surface area contributed by atoms with E-state index in [1.165, 1.54) is 6.08 Å². The Balaban J connectivity index is 1.71. The summed E-state index contributed by atoms with van der Waals surface area (Å²) in [5.74, 6) is -0.351. The fraction of sp³-hybridized carbons (Fsp3) is 0.476. The minimum atomic E-state index is -1.61. The highest BCUT2D eigenvalue weighted by Crippen LogP contribution is 2.42. The van der Waals surface area contributed by atoms with Gasteiger partial charge in [-0.15, -0.1) is 0 Å². The van der Waals surface area contributed by atoms with Crippen LogP contribution in [0.5, 0.6) is 0 Å². The van der Waals surface area contributed by atoms with Gasteiger partial charge in [0, 0.05) is 5.57 Å². The third-order valence-corrected chi connectivity index (χ3v) is 5.56. The Bertz CT molecular complexity index is 847. The maximum atomic E-state index is 12.7. The fourth-order valence-electron chi connectivity index (χ4n) is 3.94. The molecule has 9 nitrogen and oxygen atoms in total. The monoisotopic (exact) mass is 420 g/mol. The number of carbonyl (C=O) groups is 1. The van der Waals surface area contributed by atoms with Gasteiger partial charge in [0.1, 0.15) is 36.3 Å². The topological polar surface area (TPSA) is 146 Å². The molecule has 0 spiro atoms. The molecule has 0 radical (unpaired) electrons. The van der Waals surface area contributed by atoms with Gasteiger partial charge in [-0.25, -0.2) is 4.79 Å². The number of esters is 1. The molecule has 30 heavy (non-hydrogen) atoms. The molecule has 9 heteroatoms. The van der Waals surface area contributed by atoms with Gasteiger partial charge in [-0.1, -0.05) is 30.3 Å². The van der Waals surface area contributed by atoms with Gasteiger partial charge in [0.25, 0.3) is 0 Å². The number of carbonyl (C=O) groups excluding carboxylic acids is 1. The summed E-state index contributed by atoms with van der Waals surface area (Å²) in [6.45, 7) is -0.596. The lowest BCUT2D eigenvalue weighted by atomic mass is 9.90. The van der Waals surface area contributed by atoms with Crippen molar-refractivity contribution in [2.24, 2.45) is 0 Å². The second kappa shape index (κ2) is 8.56. The molecule has 0 amide bonds. The zero-order valence-electron chi connectivity index (χ0n) is 16.0. The first-order chi connectivity index (χ1) is 14.4. The summed E-state index contributed by atoms with van der Waals surface area (Å²) in [4.78, 5) is 12.7. The predicted octanol–water partition coefficient (Wildman–Crippen LogP) is -0.564. The number of aliphatic hydroxyl groups is 5. The average Bonchev–Trinajstić information content (AvgIpc) is 3.07. The molecule has 7 atom stereocenters. The van der Waals surface area contributed by atoms with Crippen molar-refractivity contribution in [1.82, 2.24) is 0 Å². The number of fused-ring (bicyclic) bond motifs is 1. The van der Waals surface area contributed by atoms with E-state index in [-0.39, 0.29) is 11.3 Å². The summed E-state index contributed by atoms with van der Waals surface area (Å²) >= 11 is 0. The molecule has 0 saturated carbocycles. The Morgan fingerprint density at radius 3 is 2.50 bits per heavy atom. The predicted molar refractivity (Wildman–Crippen MR) is 100 cm³/mol. The standard InChI is InChI=1S/C21H24O9/c22-9-14-16(24)17(25)18(26)21(29-14)30-19(10-4-2-1-3-5-10)15-12-7-6-11(23)8-13(12)28-20(15)27/h1-5,8,11,14,16-19,21-26H,6-7,9H2/t11-,14?,16?,17?,18?,19?,21?/m0/s1. The van der Waals surface area contributed by atoms with Crippen LogP contribution in [0.25, 0.3) is 0 Å². The molecule has 5 N–H and O–H groups in total. The lowest BCUT2D eigenvalue weighted by molar-refractivity contribution is -0.309. The molecular formula is C21H24O9. The molecule has 1 saturated heterocycles. The number of aliphatic hydroxyl groups excluding tert-OH is 5. The highest BCUT2D eigenvalue weighted by molar-refractivity contribution is 5.96. The van der Waals surface area contributed by atoms with Gasteiger partial charge in [-0.2, -0.15) is 0 Å². The van der Waals surface area contributed by atoms with Crippen LogP contribution in [0, 0.1) is 0 Å². The molecule has 1 fully saturated rings. The van der Waals surface area contributed by atoms with E-state index in [0.29, 0.717) is 24.0 Å². The Morgan fingerprint density at radius 1 is 1.07 bits per heavy atom. The van der Waals surface area contributed by atoms with Crippen molar-refractivity contribution in [1.29, 1.82) is 0 Å². The maximum Gasteiger partial charge on any atom is 0.342 e. The van der Waals surface area contributed by atoms with Crippen molar-refractivity contribution in [3.05, 3.63) is 58.9 Å². The van der Waals surface area contributed by atoms with Gasteiger partial charge in [0.15, 0.2) is 6.29 Å². The molecule has 162 valence electrons. The van der Waals surface area contributed by atoms with Gasteiger partial charge < -0.3 is 39.7 Å². The van der Waals surface area contributed by atoms with Crippen LogP contribution < -0.4 is 0 Å². The molecule has 6 unspecified atom stereocenters. The Morgan fingerprint density at radius 2 is 1.80 bits per heavy atom. The first kappa shape index (κ1) is 21.1.